The molecular formula is C16H22N2O3. The third kappa shape index (κ3) is 3.19. The van der Waals surface area contributed by atoms with Crippen LogP contribution in [0.2, 0.25) is 0 Å². The van der Waals surface area contributed by atoms with Crippen molar-refractivity contribution in [3.63, 3.8) is 0 Å². The molecule has 0 fully saturated rings. The predicted molar refractivity (Wildman–Crippen MR) is 80.6 cm³/mol. The second-order valence-corrected chi connectivity index (χ2v) is 5.27. The highest BCUT2D eigenvalue weighted by molar-refractivity contribution is 5.41. The minimum Gasteiger partial charge on any atom is -0.508 e. The fraction of sp³-hybridized carbons (Fsp3) is 0.438. The van der Waals surface area contributed by atoms with E-state index in [1.54, 1.807) is 19.2 Å². The van der Waals surface area contributed by atoms with Crippen LogP contribution in [0.5, 0.6) is 11.5 Å². The predicted octanol–water partition coefficient (Wildman–Crippen LogP) is 3.42. The first kappa shape index (κ1) is 15.4. The van der Waals surface area contributed by atoms with Gasteiger partial charge >= 0.3 is 0 Å². The Kier molecular flexibility index (Phi) is 4.53. The Balaban J connectivity index is 2.20. The lowest BCUT2D eigenvalue weighted by molar-refractivity contribution is 0.388. The molecule has 5 heteroatoms. The smallest absolute Gasteiger partial charge is 0.138 e. The summed E-state index contributed by atoms with van der Waals surface area (Å²) in [6, 6.07) is 5.25. The average Bonchev–Trinajstić information content (AvgIpc) is 2.78. The Morgan fingerprint density at radius 2 is 1.95 bits per heavy atom. The molecule has 1 heterocycles. The molecule has 2 atom stereocenters. The van der Waals surface area contributed by atoms with Gasteiger partial charge in [0.15, 0.2) is 0 Å². The van der Waals surface area contributed by atoms with E-state index in [9.17, 15) is 5.11 Å². The maximum Gasteiger partial charge on any atom is 0.138 e. The molecule has 0 aliphatic carbocycles. The SMILES string of the molecule is COc1ccc(O)c(C(C)NC(C)c2c(C)noc2C)c1. The first-order chi connectivity index (χ1) is 9.93. The summed E-state index contributed by atoms with van der Waals surface area (Å²) in [5.74, 6) is 1.79. The van der Waals surface area contributed by atoms with Crippen LogP contribution in [0, 0.1) is 13.8 Å². The highest BCUT2D eigenvalue weighted by atomic mass is 16.5. The van der Waals surface area contributed by atoms with E-state index in [1.165, 1.54) is 0 Å². The van der Waals surface area contributed by atoms with E-state index >= 15 is 0 Å². The maximum atomic E-state index is 10.0. The number of ether oxygens (including phenoxy) is 1. The molecule has 0 radical (unpaired) electrons. The molecule has 0 spiro atoms. The molecular weight excluding hydrogens is 268 g/mol. The van der Waals surface area contributed by atoms with Crippen molar-refractivity contribution in [2.75, 3.05) is 7.11 Å². The molecule has 0 amide bonds. The van der Waals surface area contributed by atoms with Gasteiger partial charge in [0.2, 0.25) is 0 Å². The fourth-order valence-corrected chi connectivity index (χ4v) is 2.66. The molecule has 1 aromatic heterocycles. The molecule has 114 valence electrons. The van der Waals surface area contributed by atoms with Gasteiger partial charge in [-0.3, -0.25) is 0 Å². The first-order valence-electron chi connectivity index (χ1n) is 6.99. The largest absolute Gasteiger partial charge is 0.508 e. The minimum atomic E-state index is -0.0381. The van der Waals surface area contributed by atoms with Crippen LogP contribution in [0.1, 0.15) is 48.5 Å². The van der Waals surface area contributed by atoms with Gasteiger partial charge in [0.1, 0.15) is 17.3 Å². The van der Waals surface area contributed by atoms with Gasteiger partial charge < -0.3 is 19.7 Å². The number of hydrogen-bond donors (Lipinski definition) is 2. The van der Waals surface area contributed by atoms with E-state index in [0.717, 1.165) is 28.3 Å². The van der Waals surface area contributed by atoms with Crippen molar-refractivity contribution in [2.45, 2.75) is 39.8 Å². The van der Waals surface area contributed by atoms with Gasteiger partial charge in [0.05, 0.1) is 12.8 Å². The van der Waals surface area contributed by atoms with E-state index in [1.807, 2.05) is 26.8 Å². The number of hydrogen-bond acceptors (Lipinski definition) is 5. The molecule has 5 nitrogen and oxygen atoms in total. The third-order valence-electron chi connectivity index (χ3n) is 3.72. The normalized spacial score (nSPS) is 14.0. The highest BCUT2D eigenvalue weighted by Gasteiger charge is 2.20. The van der Waals surface area contributed by atoms with Crippen LogP contribution < -0.4 is 10.1 Å². The summed E-state index contributed by atoms with van der Waals surface area (Å²) in [6.45, 7) is 7.89. The average molecular weight is 290 g/mol. The van der Waals surface area contributed by atoms with Crippen LogP contribution in [0.15, 0.2) is 22.7 Å². The second-order valence-electron chi connectivity index (χ2n) is 5.27. The van der Waals surface area contributed by atoms with Crippen LogP contribution in [-0.4, -0.2) is 17.4 Å². The van der Waals surface area contributed by atoms with E-state index in [4.69, 9.17) is 9.26 Å². The van der Waals surface area contributed by atoms with Gasteiger partial charge in [-0.1, -0.05) is 5.16 Å². The molecule has 0 aliphatic rings. The first-order valence-corrected chi connectivity index (χ1v) is 6.99. The van der Waals surface area contributed by atoms with Gasteiger partial charge in [0.25, 0.3) is 0 Å². The zero-order valence-corrected chi connectivity index (χ0v) is 13.1. The monoisotopic (exact) mass is 290 g/mol. The molecule has 0 saturated carbocycles. The van der Waals surface area contributed by atoms with Crippen molar-refractivity contribution in [1.82, 2.24) is 10.5 Å². The van der Waals surface area contributed by atoms with Crippen molar-refractivity contribution < 1.29 is 14.4 Å². The van der Waals surface area contributed by atoms with Gasteiger partial charge in [0, 0.05) is 23.2 Å². The lowest BCUT2D eigenvalue weighted by Gasteiger charge is -2.21. The van der Waals surface area contributed by atoms with Gasteiger partial charge in [-0.05, 0) is 45.9 Å². The fourth-order valence-electron chi connectivity index (χ4n) is 2.66. The summed E-state index contributed by atoms with van der Waals surface area (Å²) in [6.07, 6.45) is 0. The lowest BCUT2D eigenvalue weighted by atomic mass is 10.0. The van der Waals surface area contributed by atoms with Crippen LogP contribution in [0.25, 0.3) is 0 Å². The molecule has 0 bridgehead atoms. The van der Waals surface area contributed by atoms with E-state index in [2.05, 4.69) is 17.4 Å². The molecule has 2 unspecified atom stereocenters. The van der Waals surface area contributed by atoms with Crippen LogP contribution in [-0.2, 0) is 0 Å². The summed E-state index contributed by atoms with van der Waals surface area (Å²) in [7, 11) is 1.61. The summed E-state index contributed by atoms with van der Waals surface area (Å²) < 4.78 is 10.4. The van der Waals surface area contributed by atoms with Crippen molar-refractivity contribution in [3.05, 3.63) is 40.8 Å². The number of benzene rings is 1. The van der Waals surface area contributed by atoms with Crippen LogP contribution >= 0.6 is 0 Å². The minimum absolute atomic E-state index is 0.0381. The summed E-state index contributed by atoms with van der Waals surface area (Å²) in [4.78, 5) is 0. The third-order valence-corrected chi connectivity index (χ3v) is 3.72. The number of aromatic hydroxyl groups is 1. The number of nitrogens with zero attached hydrogens (tertiary/aromatic N) is 1. The Morgan fingerprint density at radius 1 is 1.24 bits per heavy atom. The van der Waals surface area contributed by atoms with Crippen LogP contribution in [0.3, 0.4) is 0 Å². The zero-order chi connectivity index (χ0) is 15.6. The zero-order valence-electron chi connectivity index (χ0n) is 13.1. The van der Waals surface area contributed by atoms with Gasteiger partial charge in [-0.15, -0.1) is 0 Å². The maximum absolute atomic E-state index is 10.0. The molecule has 2 rings (SSSR count). The number of nitrogens with one attached hydrogen (secondary N) is 1. The Labute approximate surface area is 124 Å². The Bertz CT molecular complexity index is 602. The summed E-state index contributed by atoms with van der Waals surface area (Å²) in [5.41, 5.74) is 2.74. The quantitative estimate of drug-likeness (QED) is 0.883. The van der Waals surface area contributed by atoms with E-state index < -0.39 is 0 Å². The highest BCUT2D eigenvalue weighted by Crippen LogP contribution is 2.31. The molecule has 2 aromatic rings. The van der Waals surface area contributed by atoms with Crippen LogP contribution in [0.4, 0.5) is 0 Å². The Hall–Kier alpha value is -2.01. The number of aryl methyl sites for hydroxylation is 2. The number of phenolic OH excluding ortho intramolecular Hbond substituents is 1. The number of methoxy groups -OCH3 is 1. The standard InChI is InChI=1S/C16H22N2O3/c1-9(14-8-13(20-5)6-7-15(14)19)17-10(2)16-11(3)18-21-12(16)4/h6-10,17,19H,1-5H3. The van der Waals surface area contributed by atoms with Crippen molar-refractivity contribution in [2.24, 2.45) is 0 Å². The van der Waals surface area contributed by atoms with Crippen molar-refractivity contribution in [1.29, 1.82) is 0 Å². The van der Waals surface area contributed by atoms with Gasteiger partial charge in [-0.2, -0.15) is 0 Å². The molecule has 21 heavy (non-hydrogen) atoms. The van der Waals surface area contributed by atoms with Gasteiger partial charge in [-0.25, -0.2) is 0 Å². The topological polar surface area (TPSA) is 67.5 Å². The van der Waals surface area contributed by atoms with E-state index in [-0.39, 0.29) is 17.8 Å². The lowest BCUT2D eigenvalue weighted by Crippen LogP contribution is -2.23. The second kappa shape index (κ2) is 6.18. The molecule has 2 N–H and O–H groups in total. The molecule has 0 aliphatic heterocycles. The van der Waals surface area contributed by atoms with Crippen molar-refractivity contribution >= 4 is 0 Å². The van der Waals surface area contributed by atoms with E-state index in [0.29, 0.717) is 0 Å². The number of phenols is 1. The number of rotatable bonds is 5. The summed E-state index contributed by atoms with van der Waals surface area (Å²) >= 11 is 0. The molecule has 1 aromatic carbocycles. The number of aromatic nitrogens is 1. The Morgan fingerprint density at radius 3 is 2.52 bits per heavy atom. The summed E-state index contributed by atoms with van der Waals surface area (Å²) in [5, 5.41) is 17.5. The van der Waals surface area contributed by atoms with Crippen molar-refractivity contribution in [3.8, 4) is 11.5 Å². The molecule has 0 saturated heterocycles.